The molecule has 3 rings (SSSR count). The minimum Gasteiger partial charge on any atom is -0.484 e. The normalized spacial score (nSPS) is 18.2. The number of amides is 2. The van der Waals surface area contributed by atoms with Gasteiger partial charge in [0, 0.05) is 12.6 Å². The molecule has 0 aromatic heterocycles. The van der Waals surface area contributed by atoms with E-state index in [0.717, 1.165) is 28.6 Å². The van der Waals surface area contributed by atoms with Gasteiger partial charge in [0.1, 0.15) is 17.7 Å². The maximum atomic E-state index is 13.4. The summed E-state index contributed by atoms with van der Waals surface area (Å²) in [5, 5.41) is 13.7. The number of carboxylic acid groups (broad SMARTS) is 1. The summed E-state index contributed by atoms with van der Waals surface area (Å²) >= 11 is 0. The van der Waals surface area contributed by atoms with Crippen molar-refractivity contribution in [2.24, 2.45) is 0 Å². The van der Waals surface area contributed by atoms with Crippen molar-refractivity contribution in [3.05, 3.63) is 48.3 Å². The van der Waals surface area contributed by atoms with E-state index in [1.807, 2.05) is 0 Å². The second kappa shape index (κ2) is 8.19. The highest BCUT2D eigenvalue weighted by molar-refractivity contribution is 7.92. The number of carbonyl (C=O) groups is 2. The van der Waals surface area contributed by atoms with Gasteiger partial charge in [-0.05, 0) is 49.4 Å². The van der Waals surface area contributed by atoms with E-state index >= 15 is 0 Å². The quantitative estimate of drug-likeness (QED) is 0.660. The average molecular weight is 437 g/mol. The molecule has 0 radical (unpaired) electrons. The first-order valence-electron chi connectivity index (χ1n) is 8.94. The minimum absolute atomic E-state index is 0.0561. The molecule has 11 heteroatoms. The number of benzene rings is 2. The zero-order chi connectivity index (χ0) is 22.1. The molecule has 2 amide bonds. The van der Waals surface area contributed by atoms with Crippen molar-refractivity contribution in [3.63, 3.8) is 0 Å². The van der Waals surface area contributed by atoms with Crippen LogP contribution in [0.3, 0.4) is 0 Å². The van der Waals surface area contributed by atoms with Crippen LogP contribution in [0.5, 0.6) is 5.75 Å². The largest absolute Gasteiger partial charge is 0.484 e. The zero-order valence-electron chi connectivity index (χ0n) is 16.1. The fourth-order valence-corrected chi connectivity index (χ4v) is 4.83. The molecule has 0 fully saturated rings. The smallest absolute Gasteiger partial charge is 0.409 e. The third-order valence-corrected chi connectivity index (χ3v) is 6.47. The molecule has 160 valence electrons. The molecular weight excluding hydrogens is 417 g/mol. The van der Waals surface area contributed by atoms with Crippen LogP contribution < -0.4 is 19.7 Å². The highest BCUT2D eigenvalue weighted by atomic mass is 32.2. The Morgan fingerprint density at radius 3 is 2.47 bits per heavy atom. The van der Waals surface area contributed by atoms with E-state index in [9.17, 15) is 22.4 Å². The van der Waals surface area contributed by atoms with Gasteiger partial charge in [0.15, 0.2) is 0 Å². The molecule has 2 aromatic rings. The van der Waals surface area contributed by atoms with Crippen molar-refractivity contribution >= 4 is 33.4 Å². The molecule has 1 aliphatic rings. The molecule has 30 heavy (non-hydrogen) atoms. The van der Waals surface area contributed by atoms with E-state index in [1.165, 1.54) is 25.1 Å². The average Bonchev–Trinajstić information content (AvgIpc) is 2.66. The lowest BCUT2D eigenvalue weighted by atomic mass is 10.1. The molecule has 3 N–H and O–H groups in total. The summed E-state index contributed by atoms with van der Waals surface area (Å²) in [5.74, 6) is -0.684. The minimum atomic E-state index is -4.16. The summed E-state index contributed by atoms with van der Waals surface area (Å²) in [4.78, 5) is 22.2. The van der Waals surface area contributed by atoms with E-state index < -0.39 is 34.1 Å². The zero-order valence-corrected chi connectivity index (χ0v) is 16.9. The molecule has 2 aromatic carbocycles. The lowest BCUT2D eigenvalue weighted by Crippen LogP contribution is -2.54. The Balaban J connectivity index is 2.10. The second-order valence-corrected chi connectivity index (χ2v) is 8.52. The van der Waals surface area contributed by atoms with Crippen molar-refractivity contribution < 1.29 is 32.2 Å². The van der Waals surface area contributed by atoms with Gasteiger partial charge in [-0.2, -0.15) is 0 Å². The third-order valence-electron chi connectivity index (χ3n) is 4.56. The lowest BCUT2D eigenvalue weighted by molar-refractivity contribution is -0.119. The molecule has 0 aliphatic carbocycles. The maximum absolute atomic E-state index is 13.4. The first kappa shape index (κ1) is 21.4. The van der Waals surface area contributed by atoms with Gasteiger partial charge in [-0.15, -0.1) is 0 Å². The predicted molar refractivity (Wildman–Crippen MR) is 107 cm³/mol. The van der Waals surface area contributed by atoms with Crippen LogP contribution in [-0.2, 0) is 14.8 Å². The molecule has 2 atom stereocenters. The molecule has 1 aliphatic heterocycles. The molecule has 0 saturated carbocycles. The molecule has 0 unspecified atom stereocenters. The highest BCUT2D eigenvalue weighted by Gasteiger charge is 2.40. The number of nitrogens with zero attached hydrogens (tertiary/aromatic N) is 1. The summed E-state index contributed by atoms with van der Waals surface area (Å²) in [7, 11) is -4.16. The standard InChI is InChI=1S/C19H20FN3O6S/c1-11-18(10-21-12(2)24)29-17-8-5-14(22-19(25)26)9-16(17)23(11)30(27,28)15-6-3-13(20)4-7-15/h3-9,11,18,22H,10H2,1-2H3,(H,21,24)(H,25,26)/t11-,18-/m0/s1. The number of ether oxygens (including phenoxy) is 1. The first-order chi connectivity index (χ1) is 14.1. The number of rotatable bonds is 5. The van der Waals surface area contributed by atoms with Crippen LogP contribution in [0, 0.1) is 5.82 Å². The van der Waals surface area contributed by atoms with Crippen LogP contribution in [0.1, 0.15) is 13.8 Å². The first-order valence-corrected chi connectivity index (χ1v) is 10.4. The van der Waals surface area contributed by atoms with Gasteiger partial charge in [-0.1, -0.05) is 0 Å². The number of nitrogens with one attached hydrogen (secondary N) is 2. The maximum Gasteiger partial charge on any atom is 0.409 e. The van der Waals surface area contributed by atoms with Gasteiger partial charge in [0.05, 0.1) is 23.2 Å². The van der Waals surface area contributed by atoms with Crippen molar-refractivity contribution in [2.75, 3.05) is 16.2 Å². The molecule has 9 nitrogen and oxygen atoms in total. The van der Waals surface area contributed by atoms with E-state index in [4.69, 9.17) is 9.84 Å². The van der Waals surface area contributed by atoms with Crippen molar-refractivity contribution in [1.82, 2.24) is 5.32 Å². The lowest BCUT2D eigenvalue weighted by Gasteiger charge is -2.41. The topological polar surface area (TPSA) is 125 Å². The van der Waals surface area contributed by atoms with Crippen LogP contribution >= 0.6 is 0 Å². The highest BCUT2D eigenvalue weighted by Crippen LogP contribution is 2.41. The van der Waals surface area contributed by atoms with E-state index in [-0.39, 0.29) is 34.5 Å². The van der Waals surface area contributed by atoms with Crippen LogP contribution in [0.15, 0.2) is 47.4 Å². The summed E-state index contributed by atoms with van der Waals surface area (Å²) in [6.45, 7) is 2.99. The monoisotopic (exact) mass is 437 g/mol. The summed E-state index contributed by atoms with van der Waals surface area (Å²) in [6, 6.07) is 7.83. The SMILES string of the molecule is CC(=O)NC[C@@H]1Oc2ccc(NC(=O)O)cc2N(S(=O)(=O)c2ccc(F)cc2)[C@H]1C. The summed E-state index contributed by atoms with van der Waals surface area (Å²) < 4.78 is 47.1. The van der Waals surface area contributed by atoms with E-state index in [1.54, 1.807) is 6.92 Å². The fourth-order valence-electron chi connectivity index (χ4n) is 3.15. The van der Waals surface area contributed by atoms with E-state index in [2.05, 4.69) is 10.6 Å². The Kier molecular flexibility index (Phi) is 5.83. The number of anilines is 2. The van der Waals surface area contributed by atoms with Crippen molar-refractivity contribution in [3.8, 4) is 5.75 Å². The number of halogens is 1. The Hall–Kier alpha value is -3.34. The predicted octanol–water partition coefficient (Wildman–Crippen LogP) is 2.40. The summed E-state index contributed by atoms with van der Waals surface area (Å²) in [5.41, 5.74) is 0.272. The number of fused-ring (bicyclic) bond motifs is 1. The van der Waals surface area contributed by atoms with Gasteiger partial charge in [0.2, 0.25) is 5.91 Å². The Labute approximate surface area is 172 Å². The van der Waals surface area contributed by atoms with E-state index in [0.29, 0.717) is 0 Å². The van der Waals surface area contributed by atoms with Crippen LogP contribution in [0.2, 0.25) is 0 Å². The van der Waals surface area contributed by atoms with Gasteiger partial charge >= 0.3 is 6.09 Å². The Morgan fingerprint density at radius 1 is 1.20 bits per heavy atom. The number of sulfonamides is 1. The molecule has 0 spiro atoms. The molecule has 0 bridgehead atoms. The van der Waals surface area contributed by atoms with Crippen molar-refractivity contribution in [2.45, 2.75) is 30.9 Å². The van der Waals surface area contributed by atoms with Gasteiger partial charge in [-0.25, -0.2) is 17.6 Å². The Bertz CT molecular complexity index is 1070. The number of hydrogen-bond donors (Lipinski definition) is 3. The number of hydrogen-bond acceptors (Lipinski definition) is 5. The van der Waals surface area contributed by atoms with Gasteiger partial charge in [0.25, 0.3) is 10.0 Å². The Morgan fingerprint density at radius 2 is 1.87 bits per heavy atom. The number of carbonyl (C=O) groups excluding carboxylic acids is 1. The van der Waals surface area contributed by atoms with Crippen LogP contribution in [0.25, 0.3) is 0 Å². The second-order valence-electron chi connectivity index (χ2n) is 6.70. The van der Waals surface area contributed by atoms with Gasteiger partial charge < -0.3 is 15.2 Å². The summed E-state index contributed by atoms with van der Waals surface area (Å²) in [6.07, 6.45) is -2.02. The fraction of sp³-hybridized carbons (Fsp3) is 0.263. The third kappa shape index (κ3) is 4.30. The van der Waals surface area contributed by atoms with Crippen LogP contribution in [0.4, 0.5) is 20.6 Å². The molecule has 0 saturated heterocycles. The van der Waals surface area contributed by atoms with Crippen molar-refractivity contribution in [1.29, 1.82) is 0 Å². The molecular formula is C19H20FN3O6S. The van der Waals surface area contributed by atoms with Crippen LogP contribution in [-0.4, -0.2) is 44.2 Å². The molecule has 1 heterocycles. The van der Waals surface area contributed by atoms with Gasteiger partial charge in [-0.3, -0.25) is 14.4 Å².